The fourth-order valence-corrected chi connectivity index (χ4v) is 2.61. The van der Waals surface area contributed by atoms with Crippen molar-refractivity contribution in [3.63, 3.8) is 0 Å². The zero-order valence-electron chi connectivity index (χ0n) is 11.4. The Kier molecular flexibility index (Phi) is 3.88. The minimum Gasteiger partial charge on any atom is -0.496 e. The van der Waals surface area contributed by atoms with Gasteiger partial charge in [0.2, 0.25) is 0 Å². The van der Waals surface area contributed by atoms with Crippen LogP contribution in [-0.4, -0.2) is 20.3 Å². The van der Waals surface area contributed by atoms with Gasteiger partial charge in [-0.05, 0) is 35.9 Å². The van der Waals surface area contributed by atoms with Gasteiger partial charge in [-0.25, -0.2) is 4.39 Å². The van der Waals surface area contributed by atoms with Crippen LogP contribution in [0.4, 0.5) is 4.39 Å². The number of halogens is 2. The SMILES string of the molecule is COc1ccc(F)cc1C(Cl)c1ccc2c(c1)OCCO2. The lowest BCUT2D eigenvalue weighted by Gasteiger charge is -2.20. The zero-order valence-corrected chi connectivity index (χ0v) is 12.2. The molecule has 0 saturated heterocycles. The molecule has 0 saturated carbocycles. The van der Waals surface area contributed by atoms with E-state index >= 15 is 0 Å². The van der Waals surface area contributed by atoms with E-state index in [1.807, 2.05) is 18.2 Å². The highest BCUT2D eigenvalue weighted by Gasteiger charge is 2.20. The molecule has 0 bridgehead atoms. The van der Waals surface area contributed by atoms with Crippen molar-refractivity contribution >= 4 is 11.6 Å². The van der Waals surface area contributed by atoms with E-state index in [4.69, 9.17) is 25.8 Å². The Labute approximate surface area is 127 Å². The number of benzene rings is 2. The third kappa shape index (κ3) is 2.76. The molecule has 0 spiro atoms. The molecular formula is C16H14ClFO3. The van der Waals surface area contributed by atoms with Gasteiger partial charge in [-0.15, -0.1) is 11.6 Å². The van der Waals surface area contributed by atoms with E-state index in [2.05, 4.69) is 0 Å². The number of fused-ring (bicyclic) bond motifs is 1. The second-order valence-electron chi connectivity index (χ2n) is 4.65. The molecule has 1 atom stereocenters. The van der Waals surface area contributed by atoms with Crippen molar-refractivity contribution in [2.45, 2.75) is 5.38 Å². The van der Waals surface area contributed by atoms with Gasteiger partial charge in [0.1, 0.15) is 24.8 Å². The Morgan fingerprint density at radius 3 is 2.62 bits per heavy atom. The summed E-state index contributed by atoms with van der Waals surface area (Å²) in [5, 5.41) is -0.536. The molecule has 3 nitrogen and oxygen atoms in total. The van der Waals surface area contributed by atoms with Crippen LogP contribution >= 0.6 is 11.6 Å². The topological polar surface area (TPSA) is 27.7 Å². The molecule has 0 fully saturated rings. The highest BCUT2D eigenvalue weighted by atomic mass is 35.5. The van der Waals surface area contributed by atoms with E-state index in [1.54, 1.807) is 6.07 Å². The molecule has 1 unspecified atom stereocenters. The Hall–Kier alpha value is -1.94. The van der Waals surface area contributed by atoms with Crippen LogP contribution in [-0.2, 0) is 0 Å². The highest BCUT2D eigenvalue weighted by Crippen LogP contribution is 2.39. The van der Waals surface area contributed by atoms with Crippen molar-refractivity contribution in [3.05, 3.63) is 53.3 Å². The summed E-state index contributed by atoms with van der Waals surface area (Å²) in [6.45, 7) is 1.04. The second-order valence-corrected chi connectivity index (χ2v) is 5.09. The van der Waals surface area contributed by atoms with Crippen molar-refractivity contribution in [1.29, 1.82) is 0 Å². The number of rotatable bonds is 3. The fourth-order valence-electron chi connectivity index (χ4n) is 2.30. The summed E-state index contributed by atoms with van der Waals surface area (Å²) < 4.78 is 29.7. The van der Waals surface area contributed by atoms with Gasteiger partial charge in [-0.3, -0.25) is 0 Å². The van der Waals surface area contributed by atoms with Crippen LogP contribution in [0.15, 0.2) is 36.4 Å². The third-order valence-electron chi connectivity index (χ3n) is 3.32. The Balaban J connectivity index is 1.98. The predicted molar refractivity (Wildman–Crippen MR) is 78.1 cm³/mol. The van der Waals surface area contributed by atoms with Crippen LogP contribution in [0.3, 0.4) is 0 Å². The van der Waals surface area contributed by atoms with Gasteiger partial charge < -0.3 is 14.2 Å². The van der Waals surface area contributed by atoms with E-state index in [-0.39, 0.29) is 5.82 Å². The van der Waals surface area contributed by atoms with Crippen molar-refractivity contribution in [1.82, 2.24) is 0 Å². The molecule has 0 aromatic heterocycles. The van der Waals surface area contributed by atoms with Crippen LogP contribution < -0.4 is 14.2 Å². The molecule has 0 radical (unpaired) electrons. The number of alkyl halides is 1. The summed E-state index contributed by atoms with van der Waals surface area (Å²) in [4.78, 5) is 0. The molecule has 0 N–H and O–H groups in total. The summed E-state index contributed by atoms with van der Waals surface area (Å²) in [6, 6.07) is 9.76. The largest absolute Gasteiger partial charge is 0.496 e. The minimum atomic E-state index is -0.536. The molecule has 5 heteroatoms. The van der Waals surface area contributed by atoms with Gasteiger partial charge in [-0.2, -0.15) is 0 Å². The Morgan fingerprint density at radius 1 is 1.10 bits per heavy atom. The lowest BCUT2D eigenvalue weighted by Crippen LogP contribution is -2.15. The smallest absolute Gasteiger partial charge is 0.161 e. The maximum Gasteiger partial charge on any atom is 0.161 e. The van der Waals surface area contributed by atoms with Gasteiger partial charge in [0.25, 0.3) is 0 Å². The van der Waals surface area contributed by atoms with E-state index in [0.717, 1.165) is 5.56 Å². The van der Waals surface area contributed by atoms with Crippen LogP contribution in [0.2, 0.25) is 0 Å². The van der Waals surface area contributed by atoms with Gasteiger partial charge in [0.15, 0.2) is 11.5 Å². The minimum absolute atomic E-state index is 0.353. The summed E-state index contributed by atoms with van der Waals surface area (Å²) >= 11 is 6.49. The third-order valence-corrected chi connectivity index (χ3v) is 3.81. The molecule has 3 rings (SSSR count). The summed E-state index contributed by atoms with van der Waals surface area (Å²) in [7, 11) is 1.53. The van der Waals surface area contributed by atoms with Crippen LogP contribution in [0, 0.1) is 5.82 Å². The van der Waals surface area contributed by atoms with E-state index in [9.17, 15) is 4.39 Å². The molecule has 1 heterocycles. The van der Waals surface area contributed by atoms with Crippen LogP contribution in [0.25, 0.3) is 0 Å². The van der Waals surface area contributed by atoms with Crippen molar-refractivity contribution in [2.24, 2.45) is 0 Å². The number of methoxy groups -OCH3 is 1. The summed E-state index contributed by atoms with van der Waals surface area (Å²) in [5.74, 6) is 1.54. The number of hydrogen-bond acceptors (Lipinski definition) is 3. The van der Waals surface area contributed by atoms with Crippen molar-refractivity contribution < 1.29 is 18.6 Å². The van der Waals surface area contributed by atoms with E-state index < -0.39 is 5.38 Å². The van der Waals surface area contributed by atoms with Gasteiger partial charge in [-0.1, -0.05) is 6.07 Å². The van der Waals surface area contributed by atoms with E-state index in [1.165, 1.54) is 19.2 Å². The average molecular weight is 309 g/mol. The standard InChI is InChI=1S/C16H14ClFO3/c1-19-13-5-3-11(18)9-12(13)16(17)10-2-4-14-15(8-10)21-7-6-20-14/h2-5,8-9,16H,6-7H2,1H3. The fraction of sp³-hybridized carbons (Fsp3) is 0.250. The van der Waals surface area contributed by atoms with Gasteiger partial charge in [0.05, 0.1) is 12.5 Å². The predicted octanol–water partition coefficient (Wildman–Crippen LogP) is 3.93. The first-order chi connectivity index (χ1) is 10.2. The molecule has 1 aliphatic heterocycles. The van der Waals surface area contributed by atoms with Crippen molar-refractivity contribution in [3.8, 4) is 17.2 Å². The Morgan fingerprint density at radius 2 is 1.86 bits per heavy atom. The first kappa shape index (κ1) is 14.0. The summed E-state index contributed by atoms with van der Waals surface area (Å²) in [5.41, 5.74) is 1.38. The first-order valence-corrected chi connectivity index (χ1v) is 7.00. The molecule has 1 aliphatic rings. The van der Waals surface area contributed by atoms with E-state index in [0.29, 0.717) is 36.0 Å². The lowest BCUT2D eigenvalue weighted by atomic mass is 10.0. The molecule has 0 aliphatic carbocycles. The normalized spacial score (nSPS) is 14.6. The zero-order chi connectivity index (χ0) is 14.8. The quantitative estimate of drug-likeness (QED) is 0.804. The molecule has 0 amide bonds. The Bertz CT molecular complexity index is 660. The number of ether oxygens (including phenoxy) is 3. The molecular weight excluding hydrogens is 295 g/mol. The van der Waals surface area contributed by atoms with Gasteiger partial charge in [0, 0.05) is 5.56 Å². The number of hydrogen-bond donors (Lipinski definition) is 0. The van der Waals surface area contributed by atoms with Crippen LogP contribution in [0.5, 0.6) is 17.2 Å². The molecule has 2 aromatic rings. The molecule has 110 valence electrons. The van der Waals surface area contributed by atoms with Gasteiger partial charge >= 0.3 is 0 Å². The lowest BCUT2D eigenvalue weighted by molar-refractivity contribution is 0.171. The molecule has 21 heavy (non-hydrogen) atoms. The second kappa shape index (κ2) is 5.82. The summed E-state index contributed by atoms with van der Waals surface area (Å²) in [6.07, 6.45) is 0. The van der Waals surface area contributed by atoms with Crippen molar-refractivity contribution in [2.75, 3.05) is 20.3 Å². The monoisotopic (exact) mass is 308 g/mol. The van der Waals surface area contributed by atoms with Crippen LogP contribution in [0.1, 0.15) is 16.5 Å². The average Bonchev–Trinajstić information content (AvgIpc) is 2.53. The maximum absolute atomic E-state index is 13.5. The maximum atomic E-state index is 13.5. The highest BCUT2D eigenvalue weighted by molar-refractivity contribution is 6.22. The first-order valence-electron chi connectivity index (χ1n) is 6.56. The molecule has 2 aromatic carbocycles.